The zero-order valence-electron chi connectivity index (χ0n) is 16.8. The summed E-state index contributed by atoms with van der Waals surface area (Å²) in [7, 11) is 0. The summed E-state index contributed by atoms with van der Waals surface area (Å²) in [5, 5.41) is 9.77. The molecule has 9 heteroatoms. The molecule has 1 aliphatic rings. The van der Waals surface area contributed by atoms with Crippen LogP contribution in [0.4, 0.5) is 14.5 Å². The van der Waals surface area contributed by atoms with Crippen molar-refractivity contribution in [2.24, 2.45) is 5.73 Å². The lowest BCUT2D eigenvalue weighted by Crippen LogP contribution is -2.35. The van der Waals surface area contributed by atoms with Gasteiger partial charge in [0.1, 0.15) is 11.6 Å². The van der Waals surface area contributed by atoms with Crippen LogP contribution in [0.2, 0.25) is 0 Å². The molecule has 0 aliphatic carbocycles. The normalized spacial score (nSPS) is 15.2. The number of carbonyl (C=O) groups is 1. The fraction of sp³-hybridized carbons (Fsp3) is 0.227. The Kier molecular flexibility index (Phi) is 7.58. The van der Waals surface area contributed by atoms with Crippen LogP contribution in [0.3, 0.4) is 0 Å². The summed E-state index contributed by atoms with van der Waals surface area (Å²) in [5.41, 5.74) is 7.11. The number of ether oxygens (including phenoxy) is 1. The number of anilines is 1. The number of nitrogens with zero attached hydrogens (tertiary/aromatic N) is 2. The molecule has 0 atom stereocenters. The second-order valence-electron chi connectivity index (χ2n) is 6.86. The van der Waals surface area contributed by atoms with E-state index in [-0.39, 0.29) is 17.8 Å². The van der Waals surface area contributed by atoms with E-state index in [4.69, 9.17) is 15.9 Å². The van der Waals surface area contributed by atoms with Gasteiger partial charge >= 0.3 is 0 Å². The number of halogens is 2. The molecule has 2 heterocycles. The third-order valence-electron chi connectivity index (χ3n) is 4.80. The number of nitrogens with two attached hydrogens (primary N) is 1. The van der Waals surface area contributed by atoms with Gasteiger partial charge in [-0.15, -0.1) is 0 Å². The van der Waals surface area contributed by atoms with Crippen LogP contribution < -0.4 is 11.1 Å². The number of carbonyl (C=O) groups excluding carboxylic acids is 1. The molecule has 1 amide bonds. The lowest BCUT2D eigenvalue weighted by atomic mass is 10.0. The van der Waals surface area contributed by atoms with Crippen molar-refractivity contribution >= 4 is 29.5 Å². The van der Waals surface area contributed by atoms with Crippen LogP contribution in [0, 0.1) is 17.0 Å². The van der Waals surface area contributed by atoms with Gasteiger partial charge < -0.3 is 21.2 Å². The Balaban J connectivity index is 1.71. The highest BCUT2D eigenvalue weighted by molar-refractivity contribution is 6.10. The zero-order chi connectivity index (χ0) is 22.2. The molecule has 0 unspecified atom stereocenters. The van der Waals surface area contributed by atoms with Crippen molar-refractivity contribution in [1.29, 1.82) is 5.41 Å². The average molecular weight is 427 g/mol. The van der Waals surface area contributed by atoms with Crippen LogP contribution in [0.1, 0.15) is 16.7 Å². The summed E-state index contributed by atoms with van der Waals surface area (Å²) in [6.45, 7) is 2.70. The quantitative estimate of drug-likeness (QED) is 0.466. The van der Waals surface area contributed by atoms with Gasteiger partial charge in [-0.1, -0.05) is 0 Å². The molecule has 1 saturated heterocycles. The predicted octanol–water partition coefficient (Wildman–Crippen LogP) is 2.79. The Hall–Kier alpha value is -3.43. The van der Waals surface area contributed by atoms with Gasteiger partial charge in [0, 0.05) is 73.3 Å². The Labute approximate surface area is 178 Å². The molecule has 1 aromatic heterocycles. The maximum Gasteiger partial charge on any atom is 0.248 e. The minimum absolute atomic E-state index is 0.223. The average Bonchev–Trinajstić information content (AvgIpc) is 2.78. The van der Waals surface area contributed by atoms with Gasteiger partial charge in [-0.2, -0.15) is 0 Å². The van der Waals surface area contributed by atoms with E-state index < -0.39 is 17.5 Å². The highest BCUT2D eigenvalue weighted by atomic mass is 19.1. The van der Waals surface area contributed by atoms with Crippen LogP contribution in [-0.4, -0.2) is 48.3 Å². The summed E-state index contributed by atoms with van der Waals surface area (Å²) in [4.78, 5) is 18.2. The second-order valence-corrected chi connectivity index (χ2v) is 6.86. The lowest BCUT2D eigenvalue weighted by Gasteiger charge is -2.26. The first-order valence-electron chi connectivity index (χ1n) is 9.65. The van der Waals surface area contributed by atoms with Crippen molar-refractivity contribution in [2.45, 2.75) is 6.54 Å². The molecule has 1 aliphatic heterocycles. The number of hydrogen-bond donors (Lipinski definition) is 3. The van der Waals surface area contributed by atoms with Crippen molar-refractivity contribution in [2.75, 3.05) is 31.6 Å². The number of rotatable bonds is 7. The lowest BCUT2D eigenvalue weighted by molar-refractivity contribution is -0.111. The number of hydrogen-bond acceptors (Lipinski definition) is 6. The first kappa shape index (κ1) is 22.3. The monoisotopic (exact) mass is 427 g/mol. The number of allylic oxidation sites excluding steroid dienone is 1. The number of morpholine rings is 1. The van der Waals surface area contributed by atoms with Gasteiger partial charge in [0.15, 0.2) is 0 Å². The Bertz CT molecular complexity index is 1020. The minimum atomic E-state index is -0.717. The van der Waals surface area contributed by atoms with Crippen LogP contribution >= 0.6 is 0 Å². The summed E-state index contributed by atoms with van der Waals surface area (Å²) in [6.07, 6.45) is 8.05. The van der Waals surface area contributed by atoms with Gasteiger partial charge in [0.2, 0.25) is 5.91 Å². The van der Waals surface area contributed by atoms with E-state index >= 15 is 0 Å². The van der Waals surface area contributed by atoms with Gasteiger partial charge in [0.05, 0.1) is 18.9 Å². The van der Waals surface area contributed by atoms with E-state index in [0.29, 0.717) is 43.0 Å². The number of aromatic nitrogens is 1. The predicted molar refractivity (Wildman–Crippen MR) is 115 cm³/mol. The molecule has 3 rings (SSSR count). The van der Waals surface area contributed by atoms with E-state index in [0.717, 1.165) is 18.3 Å². The topological polar surface area (TPSA) is 104 Å². The molecular formula is C22H23F2N5O2. The van der Waals surface area contributed by atoms with Crippen LogP contribution in [-0.2, 0) is 16.1 Å². The first-order valence-corrected chi connectivity index (χ1v) is 9.65. The standard InChI is InChI=1S/C22H23F2N5O2/c23-19-10-21(20(24)9-16(19)14-29-5-7-31-8-6-29)28-22(30)2-1-15-13-27-4-3-18(15)17(11-25)12-26/h1-4,9-13,25H,5-8,14,26H2,(H,28,30)/b2-1+,17-12?,25-11?. The minimum Gasteiger partial charge on any atom is -0.404 e. The maximum atomic E-state index is 14.5. The first-order chi connectivity index (χ1) is 15.0. The Morgan fingerprint density at radius 2 is 2.06 bits per heavy atom. The Morgan fingerprint density at radius 3 is 2.77 bits per heavy atom. The van der Waals surface area contributed by atoms with Crippen molar-refractivity contribution < 1.29 is 18.3 Å². The fourth-order valence-corrected chi connectivity index (χ4v) is 3.16. The number of benzene rings is 1. The van der Waals surface area contributed by atoms with E-state index in [9.17, 15) is 13.6 Å². The smallest absolute Gasteiger partial charge is 0.248 e. The highest BCUT2D eigenvalue weighted by Gasteiger charge is 2.16. The van der Waals surface area contributed by atoms with Crippen LogP contribution in [0.25, 0.3) is 11.6 Å². The van der Waals surface area contributed by atoms with E-state index in [1.807, 2.05) is 4.90 Å². The Morgan fingerprint density at radius 1 is 1.29 bits per heavy atom. The van der Waals surface area contributed by atoms with Gasteiger partial charge in [0.25, 0.3) is 0 Å². The summed E-state index contributed by atoms with van der Waals surface area (Å²) < 4.78 is 34.2. The summed E-state index contributed by atoms with van der Waals surface area (Å²) in [6, 6.07) is 3.74. The SMILES string of the molecule is N=CC(=CN)c1ccncc1/C=C/C(=O)Nc1cc(F)c(CN2CCOCC2)cc1F. The molecule has 0 spiro atoms. The molecule has 2 aromatic rings. The highest BCUT2D eigenvalue weighted by Crippen LogP contribution is 2.22. The molecule has 4 N–H and O–H groups in total. The van der Waals surface area contributed by atoms with Crippen molar-refractivity contribution in [3.8, 4) is 0 Å². The fourth-order valence-electron chi connectivity index (χ4n) is 3.16. The number of amides is 1. The molecule has 0 saturated carbocycles. The zero-order valence-corrected chi connectivity index (χ0v) is 16.8. The van der Waals surface area contributed by atoms with Gasteiger partial charge in [-0.05, 0) is 23.8 Å². The summed E-state index contributed by atoms with van der Waals surface area (Å²) in [5.74, 6) is -1.95. The molecule has 162 valence electrons. The van der Waals surface area contributed by atoms with E-state index in [1.165, 1.54) is 30.7 Å². The van der Waals surface area contributed by atoms with Crippen LogP contribution in [0.5, 0.6) is 0 Å². The van der Waals surface area contributed by atoms with E-state index in [1.54, 1.807) is 6.07 Å². The maximum absolute atomic E-state index is 14.5. The van der Waals surface area contributed by atoms with Crippen molar-refractivity contribution in [3.63, 3.8) is 0 Å². The van der Waals surface area contributed by atoms with Gasteiger partial charge in [-0.3, -0.25) is 14.7 Å². The molecule has 31 heavy (non-hydrogen) atoms. The molecule has 0 radical (unpaired) electrons. The number of pyridine rings is 1. The van der Waals surface area contributed by atoms with Gasteiger partial charge in [-0.25, -0.2) is 8.78 Å². The largest absolute Gasteiger partial charge is 0.404 e. The number of nitrogens with one attached hydrogen (secondary N) is 2. The molecule has 1 fully saturated rings. The second kappa shape index (κ2) is 10.6. The van der Waals surface area contributed by atoms with Crippen LogP contribution in [0.15, 0.2) is 42.9 Å². The van der Waals surface area contributed by atoms with E-state index in [2.05, 4.69) is 10.3 Å². The molecule has 1 aromatic carbocycles. The molecule has 7 nitrogen and oxygen atoms in total. The summed E-state index contributed by atoms with van der Waals surface area (Å²) >= 11 is 0. The van der Waals surface area contributed by atoms with Crippen molar-refractivity contribution in [1.82, 2.24) is 9.88 Å². The third kappa shape index (κ3) is 5.80. The molecule has 0 bridgehead atoms. The third-order valence-corrected chi connectivity index (χ3v) is 4.80. The molecular weight excluding hydrogens is 404 g/mol. The van der Waals surface area contributed by atoms with Crippen molar-refractivity contribution in [3.05, 3.63) is 71.2 Å².